The molecule has 2 rings (SSSR count). The van der Waals surface area contributed by atoms with Gasteiger partial charge < -0.3 is 25.2 Å². The predicted octanol–water partition coefficient (Wildman–Crippen LogP) is 1.26. The highest BCUT2D eigenvalue weighted by molar-refractivity contribution is 5.39. The number of aliphatic hydroxyl groups is 1. The molecule has 1 heterocycles. The normalized spacial score (nSPS) is 18.5. The lowest BCUT2D eigenvalue weighted by molar-refractivity contribution is 0.0310. The summed E-state index contributed by atoms with van der Waals surface area (Å²) in [5.74, 6) is 0.398. The third kappa shape index (κ3) is 4.95. The first-order chi connectivity index (χ1) is 10.6. The molecule has 0 saturated carbocycles. The SMILES string of the molecule is COCC(O)CN1CCC(NCc2cccc(C)c2O)CC1. The van der Waals surface area contributed by atoms with Gasteiger partial charge in [-0.05, 0) is 38.4 Å². The first kappa shape index (κ1) is 17.2. The maximum Gasteiger partial charge on any atom is 0.122 e. The lowest BCUT2D eigenvalue weighted by Crippen LogP contribution is -2.45. The van der Waals surface area contributed by atoms with Crippen molar-refractivity contribution in [3.05, 3.63) is 29.3 Å². The fourth-order valence-electron chi connectivity index (χ4n) is 2.98. The molecule has 1 atom stereocenters. The van der Waals surface area contributed by atoms with E-state index in [0.717, 1.165) is 37.1 Å². The first-order valence-corrected chi connectivity index (χ1v) is 8.00. The van der Waals surface area contributed by atoms with Crippen molar-refractivity contribution in [1.82, 2.24) is 10.2 Å². The lowest BCUT2D eigenvalue weighted by atomic mass is 10.0. The monoisotopic (exact) mass is 308 g/mol. The second-order valence-corrected chi connectivity index (χ2v) is 6.15. The molecule has 5 nitrogen and oxygen atoms in total. The van der Waals surface area contributed by atoms with E-state index in [1.807, 2.05) is 25.1 Å². The summed E-state index contributed by atoms with van der Waals surface area (Å²) in [6.45, 7) is 5.66. The van der Waals surface area contributed by atoms with Crippen LogP contribution < -0.4 is 5.32 Å². The average Bonchev–Trinajstić information content (AvgIpc) is 2.50. The molecule has 5 heteroatoms. The number of likely N-dealkylation sites (tertiary alicyclic amines) is 1. The summed E-state index contributed by atoms with van der Waals surface area (Å²) in [4.78, 5) is 2.28. The summed E-state index contributed by atoms with van der Waals surface area (Å²) in [7, 11) is 1.61. The number of methoxy groups -OCH3 is 1. The molecule has 124 valence electrons. The van der Waals surface area contributed by atoms with E-state index in [4.69, 9.17) is 4.74 Å². The molecule has 1 fully saturated rings. The van der Waals surface area contributed by atoms with Gasteiger partial charge in [0.1, 0.15) is 5.75 Å². The van der Waals surface area contributed by atoms with E-state index in [0.29, 0.717) is 31.5 Å². The molecule has 3 N–H and O–H groups in total. The summed E-state index contributed by atoms with van der Waals surface area (Å²) in [6, 6.07) is 6.33. The Balaban J connectivity index is 1.72. The Kier molecular flexibility index (Phi) is 6.64. The Bertz CT molecular complexity index is 459. The fourth-order valence-corrected chi connectivity index (χ4v) is 2.98. The zero-order chi connectivity index (χ0) is 15.9. The molecule has 0 amide bonds. The minimum atomic E-state index is -0.404. The second-order valence-electron chi connectivity index (χ2n) is 6.15. The Morgan fingerprint density at radius 1 is 1.36 bits per heavy atom. The van der Waals surface area contributed by atoms with E-state index < -0.39 is 6.10 Å². The van der Waals surface area contributed by atoms with Gasteiger partial charge in [-0.3, -0.25) is 0 Å². The maximum absolute atomic E-state index is 10.0. The molecule has 1 unspecified atom stereocenters. The Hall–Kier alpha value is -1.14. The van der Waals surface area contributed by atoms with Crippen molar-refractivity contribution in [1.29, 1.82) is 0 Å². The van der Waals surface area contributed by atoms with Crippen LogP contribution in [0.2, 0.25) is 0 Å². The van der Waals surface area contributed by atoms with Crippen molar-refractivity contribution in [2.45, 2.75) is 38.5 Å². The quantitative estimate of drug-likeness (QED) is 0.708. The van der Waals surface area contributed by atoms with E-state index in [1.54, 1.807) is 7.11 Å². The third-order valence-electron chi connectivity index (χ3n) is 4.32. The highest BCUT2D eigenvalue weighted by Crippen LogP contribution is 2.21. The number of phenolic OH excluding ortho intramolecular Hbond substituents is 1. The summed E-state index contributed by atoms with van der Waals surface area (Å²) < 4.78 is 4.96. The zero-order valence-corrected chi connectivity index (χ0v) is 13.6. The van der Waals surface area contributed by atoms with Crippen LogP contribution in [0.25, 0.3) is 0 Å². The van der Waals surface area contributed by atoms with Gasteiger partial charge in [0.15, 0.2) is 0 Å². The van der Waals surface area contributed by atoms with Crippen LogP contribution in [0.3, 0.4) is 0 Å². The molecular formula is C17H28N2O3. The number of β-amino-alcohol motifs (C(OH)–C–C–N with tert-alkyl or cyclic N) is 1. The molecule has 0 radical (unpaired) electrons. The third-order valence-corrected chi connectivity index (χ3v) is 4.32. The predicted molar refractivity (Wildman–Crippen MR) is 87.0 cm³/mol. The Labute approximate surface area is 132 Å². The molecular weight excluding hydrogens is 280 g/mol. The van der Waals surface area contributed by atoms with Gasteiger partial charge in [-0.15, -0.1) is 0 Å². The number of nitrogens with one attached hydrogen (secondary N) is 1. The molecule has 22 heavy (non-hydrogen) atoms. The van der Waals surface area contributed by atoms with E-state index in [-0.39, 0.29) is 0 Å². The van der Waals surface area contributed by atoms with Gasteiger partial charge in [-0.2, -0.15) is 0 Å². The average molecular weight is 308 g/mol. The number of benzene rings is 1. The number of piperidine rings is 1. The van der Waals surface area contributed by atoms with Crippen LogP contribution >= 0.6 is 0 Å². The van der Waals surface area contributed by atoms with Crippen LogP contribution in [-0.2, 0) is 11.3 Å². The maximum atomic E-state index is 10.0. The summed E-state index contributed by atoms with van der Waals surface area (Å²) in [6.07, 6.45) is 1.72. The van der Waals surface area contributed by atoms with Gasteiger partial charge in [0, 0.05) is 31.8 Å². The minimum absolute atomic E-state index is 0.394. The molecule has 1 aliphatic rings. The van der Waals surface area contributed by atoms with Gasteiger partial charge >= 0.3 is 0 Å². The van der Waals surface area contributed by atoms with Gasteiger partial charge in [0.2, 0.25) is 0 Å². The number of hydrogen-bond donors (Lipinski definition) is 3. The number of aromatic hydroxyl groups is 1. The van der Waals surface area contributed by atoms with Gasteiger partial charge in [-0.1, -0.05) is 18.2 Å². The summed E-state index contributed by atoms with van der Waals surface area (Å²) in [5.41, 5.74) is 1.87. The number of para-hydroxylation sites is 1. The van der Waals surface area contributed by atoms with E-state index in [1.165, 1.54) is 0 Å². The number of nitrogens with zero attached hydrogens (tertiary/aromatic N) is 1. The van der Waals surface area contributed by atoms with Crippen LogP contribution in [-0.4, -0.2) is 60.6 Å². The number of phenols is 1. The van der Waals surface area contributed by atoms with Crippen molar-refractivity contribution in [3.63, 3.8) is 0 Å². The highest BCUT2D eigenvalue weighted by Gasteiger charge is 2.20. The zero-order valence-electron chi connectivity index (χ0n) is 13.6. The molecule has 1 aromatic carbocycles. The van der Waals surface area contributed by atoms with Crippen molar-refractivity contribution >= 4 is 0 Å². The summed E-state index contributed by atoms with van der Waals surface area (Å²) >= 11 is 0. The smallest absolute Gasteiger partial charge is 0.122 e. The fraction of sp³-hybridized carbons (Fsp3) is 0.647. The first-order valence-electron chi connectivity index (χ1n) is 8.00. The minimum Gasteiger partial charge on any atom is -0.507 e. The molecule has 0 aromatic heterocycles. The highest BCUT2D eigenvalue weighted by atomic mass is 16.5. The standard InChI is InChI=1S/C17H28N2O3/c1-13-4-3-5-14(17(13)21)10-18-15-6-8-19(9-7-15)11-16(20)12-22-2/h3-5,15-16,18,20-21H,6-12H2,1-2H3. The molecule has 0 spiro atoms. The number of aryl methyl sites for hydroxylation is 1. The van der Waals surface area contributed by atoms with Gasteiger partial charge in [0.05, 0.1) is 12.7 Å². The van der Waals surface area contributed by atoms with Gasteiger partial charge in [0.25, 0.3) is 0 Å². The summed E-state index contributed by atoms with van der Waals surface area (Å²) in [5, 5.41) is 23.3. The Morgan fingerprint density at radius 2 is 2.09 bits per heavy atom. The lowest BCUT2D eigenvalue weighted by Gasteiger charge is -2.33. The molecule has 1 aromatic rings. The van der Waals surface area contributed by atoms with Crippen molar-refractivity contribution < 1.29 is 14.9 Å². The van der Waals surface area contributed by atoms with Crippen LogP contribution in [0, 0.1) is 6.92 Å². The number of hydrogen-bond acceptors (Lipinski definition) is 5. The number of rotatable bonds is 7. The van der Waals surface area contributed by atoms with Crippen LogP contribution in [0.4, 0.5) is 0 Å². The van der Waals surface area contributed by atoms with Gasteiger partial charge in [-0.25, -0.2) is 0 Å². The van der Waals surface area contributed by atoms with Crippen molar-refractivity contribution in [2.75, 3.05) is 33.4 Å². The second kappa shape index (κ2) is 8.48. The largest absolute Gasteiger partial charge is 0.507 e. The molecule has 1 aliphatic heterocycles. The Morgan fingerprint density at radius 3 is 2.77 bits per heavy atom. The molecule has 1 saturated heterocycles. The van der Waals surface area contributed by atoms with E-state index >= 15 is 0 Å². The van der Waals surface area contributed by atoms with E-state index in [2.05, 4.69) is 10.2 Å². The molecule has 0 bridgehead atoms. The van der Waals surface area contributed by atoms with Crippen LogP contribution in [0.15, 0.2) is 18.2 Å². The van der Waals surface area contributed by atoms with Crippen molar-refractivity contribution in [3.8, 4) is 5.75 Å². The van der Waals surface area contributed by atoms with Crippen molar-refractivity contribution in [2.24, 2.45) is 0 Å². The number of ether oxygens (including phenoxy) is 1. The van der Waals surface area contributed by atoms with Crippen LogP contribution in [0.5, 0.6) is 5.75 Å². The number of aliphatic hydroxyl groups excluding tert-OH is 1. The topological polar surface area (TPSA) is 65.0 Å². The van der Waals surface area contributed by atoms with E-state index in [9.17, 15) is 10.2 Å². The van der Waals surface area contributed by atoms with Crippen LogP contribution in [0.1, 0.15) is 24.0 Å². The molecule has 0 aliphatic carbocycles.